The summed E-state index contributed by atoms with van der Waals surface area (Å²) in [5.41, 5.74) is 0.821. The number of hydrogen-bond donors (Lipinski definition) is 1. The van der Waals surface area contributed by atoms with Gasteiger partial charge in [0.1, 0.15) is 0 Å². The number of hydrogen-bond acceptors (Lipinski definition) is 6. The minimum absolute atomic E-state index is 0. The second kappa shape index (κ2) is 15.2. The zero-order chi connectivity index (χ0) is 14.1. The molecule has 0 aromatic heterocycles. The predicted octanol–water partition coefficient (Wildman–Crippen LogP) is -6.46. The fraction of sp³-hybridized carbons (Fsp3) is 0.417. The van der Waals surface area contributed by atoms with Gasteiger partial charge in [0.25, 0.3) is 0 Å². The van der Waals surface area contributed by atoms with Gasteiger partial charge in [0.15, 0.2) is 11.5 Å². The second-order valence-electron chi connectivity index (χ2n) is 3.56. The third kappa shape index (κ3) is 13.0. The van der Waals surface area contributed by atoms with Crippen LogP contribution in [-0.4, -0.2) is 24.5 Å². The molecule has 0 heterocycles. The quantitative estimate of drug-likeness (QED) is 0.550. The van der Waals surface area contributed by atoms with Crippen LogP contribution in [0.3, 0.4) is 0 Å². The third-order valence-electron chi connectivity index (χ3n) is 1.77. The summed E-state index contributed by atoms with van der Waals surface area (Å²) in [7, 11) is 1.60. The molecule has 0 unspecified atom stereocenters. The zero-order valence-corrected chi connectivity index (χ0v) is 18.8. The molecule has 0 aliphatic rings. The average molecular weight is 334 g/mol. The molecule has 0 saturated carbocycles. The molecule has 0 spiro atoms. The molecule has 1 N–H and O–H groups in total. The summed E-state index contributed by atoms with van der Waals surface area (Å²) < 4.78 is 10.7. The summed E-state index contributed by atoms with van der Waals surface area (Å²) >= 11 is 0. The van der Waals surface area contributed by atoms with E-state index in [9.17, 15) is 0 Å². The van der Waals surface area contributed by atoms with Crippen molar-refractivity contribution in [3.63, 3.8) is 0 Å². The van der Waals surface area contributed by atoms with Crippen molar-refractivity contribution in [2.45, 2.75) is 26.6 Å². The number of ether oxygens (including phenoxy) is 2. The molecule has 0 radical (unpaired) electrons. The summed E-state index contributed by atoms with van der Waals surface area (Å²) in [6.45, 7) is 3.91. The van der Waals surface area contributed by atoms with Crippen LogP contribution in [0.25, 0.3) is 0 Å². The number of methoxy groups -OCH3 is 1. The summed E-state index contributed by atoms with van der Waals surface area (Å²) in [5, 5.41) is 25.6. The van der Waals surface area contributed by atoms with Crippen LogP contribution in [-0.2, 0) is 6.61 Å². The molecule has 0 atom stereocenters. The summed E-state index contributed by atoms with van der Waals surface area (Å²) in [6, 6.07) is 5.40. The molecule has 1 aromatic rings. The van der Waals surface area contributed by atoms with Crippen LogP contribution in [0.1, 0.15) is 19.4 Å². The second-order valence-corrected chi connectivity index (χ2v) is 3.56. The molecule has 20 heavy (non-hydrogen) atoms. The van der Waals surface area contributed by atoms with E-state index in [0.29, 0.717) is 11.5 Å². The first-order valence-corrected chi connectivity index (χ1v) is 5.23. The van der Waals surface area contributed by atoms with Gasteiger partial charge in [-0.25, -0.2) is 0 Å². The summed E-state index contributed by atoms with van der Waals surface area (Å²) in [4.78, 5) is 8.33. The van der Waals surface area contributed by atoms with Crippen LogP contribution in [0.4, 0.5) is 4.79 Å². The van der Waals surface area contributed by atoms with Gasteiger partial charge in [0, 0.05) is 0 Å². The van der Waals surface area contributed by atoms with Crippen molar-refractivity contribution in [3.05, 3.63) is 23.8 Å². The van der Waals surface area contributed by atoms with E-state index >= 15 is 0 Å². The van der Waals surface area contributed by atoms with Crippen LogP contribution in [0.5, 0.6) is 11.5 Å². The average Bonchev–Trinajstić information content (AvgIpc) is 2.27. The Morgan fingerprint density at radius 3 is 2.10 bits per heavy atom. The van der Waals surface area contributed by atoms with Gasteiger partial charge >= 0.3 is 103 Å². The van der Waals surface area contributed by atoms with E-state index in [-0.39, 0.29) is 115 Å². The zero-order valence-electron chi connectivity index (χ0n) is 12.5. The van der Waals surface area contributed by atoms with Crippen molar-refractivity contribution in [3.8, 4) is 11.5 Å². The Kier molecular flexibility index (Phi) is 20.0. The summed E-state index contributed by atoms with van der Waals surface area (Å²) in [5.74, 6) is 1.37. The van der Waals surface area contributed by atoms with Crippen molar-refractivity contribution >= 4 is 6.16 Å². The van der Waals surface area contributed by atoms with Gasteiger partial charge in [-0.1, -0.05) is 6.07 Å². The van der Waals surface area contributed by atoms with Crippen molar-refractivity contribution in [1.82, 2.24) is 0 Å². The van der Waals surface area contributed by atoms with E-state index in [1.807, 2.05) is 19.9 Å². The van der Waals surface area contributed by atoms with Gasteiger partial charge in [-0.05, 0) is 37.7 Å². The van der Waals surface area contributed by atoms with Gasteiger partial charge in [-0.2, -0.15) is 0 Å². The smallest absolute Gasteiger partial charge is 0.652 e. The maximum Gasteiger partial charge on any atom is 1.00 e. The summed E-state index contributed by atoms with van der Waals surface area (Å²) in [6.07, 6.45) is -2.24. The van der Waals surface area contributed by atoms with Crippen LogP contribution in [0.15, 0.2) is 18.2 Å². The third-order valence-corrected chi connectivity index (χ3v) is 1.77. The Balaban J connectivity index is -0.000000429. The molecule has 0 saturated heterocycles. The molecule has 0 aliphatic heterocycles. The van der Waals surface area contributed by atoms with E-state index in [1.54, 1.807) is 19.2 Å². The topological polar surface area (TPSA) is 102 Å². The minimum atomic E-state index is -2.33. The van der Waals surface area contributed by atoms with Gasteiger partial charge in [-0.3, -0.25) is 0 Å². The molecule has 0 fully saturated rings. The molecule has 1 rings (SSSR count). The van der Waals surface area contributed by atoms with E-state index in [2.05, 4.69) is 0 Å². The number of rotatable bonds is 4. The van der Waals surface area contributed by atoms with Crippen molar-refractivity contribution < 1.29 is 132 Å². The van der Waals surface area contributed by atoms with Crippen molar-refractivity contribution in [2.75, 3.05) is 7.11 Å². The SMILES string of the molecule is COc1ccc(CO)cc1OC(C)C.O=C([O-])[O-].[K+].[K+]. The Labute approximate surface area is 203 Å². The largest absolute Gasteiger partial charge is 1.00 e. The molecule has 102 valence electrons. The van der Waals surface area contributed by atoms with Crippen molar-refractivity contribution in [1.29, 1.82) is 0 Å². The van der Waals surface area contributed by atoms with Gasteiger partial charge < -0.3 is 29.6 Å². The number of carbonyl (C=O) groups excluding carboxylic acids is 1. The molecular weight excluding hydrogens is 318 g/mol. The van der Waals surface area contributed by atoms with Crippen molar-refractivity contribution in [2.24, 2.45) is 0 Å². The van der Waals surface area contributed by atoms with E-state index in [0.717, 1.165) is 5.56 Å². The van der Waals surface area contributed by atoms with Gasteiger partial charge in [0.2, 0.25) is 0 Å². The molecule has 8 heteroatoms. The number of benzene rings is 1. The predicted molar refractivity (Wildman–Crippen MR) is 60.1 cm³/mol. The first kappa shape index (κ1) is 26.2. The molecule has 6 nitrogen and oxygen atoms in total. The fourth-order valence-corrected chi connectivity index (χ4v) is 1.17. The van der Waals surface area contributed by atoms with Crippen LogP contribution < -0.4 is 122 Å². The van der Waals surface area contributed by atoms with Gasteiger partial charge in [-0.15, -0.1) is 0 Å². The minimum Gasteiger partial charge on any atom is -0.652 e. The molecule has 0 bridgehead atoms. The van der Waals surface area contributed by atoms with Crippen LogP contribution in [0, 0.1) is 0 Å². The van der Waals surface area contributed by atoms with E-state index in [1.165, 1.54) is 0 Å². The Morgan fingerprint density at radius 1 is 1.25 bits per heavy atom. The molecule has 0 aliphatic carbocycles. The fourth-order valence-electron chi connectivity index (χ4n) is 1.17. The first-order chi connectivity index (χ1) is 8.40. The molecule has 1 aromatic carbocycles. The number of carboxylic acid groups (broad SMARTS) is 2. The van der Waals surface area contributed by atoms with Crippen LogP contribution in [0.2, 0.25) is 0 Å². The molecule has 0 amide bonds. The van der Waals surface area contributed by atoms with E-state index in [4.69, 9.17) is 29.6 Å². The number of aliphatic hydroxyl groups excluding tert-OH is 1. The Morgan fingerprint density at radius 2 is 1.75 bits per heavy atom. The normalized spacial score (nSPS) is 8.45. The molecular formula is C12H16K2O6. The number of carbonyl (C=O) groups is 1. The first-order valence-electron chi connectivity index (χ1n) is 5.23. The van der Waals surface area contributed by atoms with Gasteiger partial charge in [0.05, 0.1) is 19.8 Å². The number of aliphatic hydroxyl groups is 1. The Bertz CT molecular complexity index is 380. The maximum atomic E-state index is 8.96. The standard InChI is InChI=1S/C11H16O3.CH2O3.2K/c1-8(2)14-11-6-9(7-12)4-5-10(11)13-3;2-1(3)4;;/h4-6,8,12H,7H2,1-3H3;(H2,2,3,4);;/q;;2*+1/p-2. The Hall–Kier alpha value is 1.32. The monoisotopic (exact) mass is 334 g/mol. The maximum absolute atomic E-state index is 8.96. The van der Waals surface area contributed by atoms with Crippen LogP contribution >= 0.6 is 0 Å². The van der Waals surface area contributed by atoms with E-state index < -0.39 is 6.16 Å².